The highest BCUT2D eigenvalue weighted by atomic mass is 32.2. The summed E-state index contributed by atoms with van der Waals surface area (Å²) in [4.78, 5) is 0. The monoisotopic (exact) mass is 327 g/mol. The Morgan fingerprint density at radius 3 is 2.76 bits per heavy atom. The third-order valence-corrected chi connectivity index (χ3v) is 9.19. The van der Waals surface area contributed by atoms with Crippen molar-refractivity contribution in [3.8, 4) is 0 Å². The topological polar surface area (TPSA) is 63.2 Å². The maximum absolute atomic E-state index is 12.7. The van der Waals surface area contributed by atoms with Crippen molar-refractivity contribution >= 4 is 21.4 Å². The van der Waals surface area contributed by atoms with Crippen LogP contribution in [0, 0.1) is 23.7 Å². The first-order chi connectivity index (χ1) is 9.76. The Morgan fingerprint density at radius 2 is 2.14 bits per heavy atom. The Morgan fingerprint density at radius 1 is 1.38 bits per heavy atom. The highest BCUT2D eigenvalue weighted by Crippen LogP contribution is 2.70. The maximum Gasteiger partial charge on any atom is 0.215 e. The number of fused-ring (bicyclic) bond motifs is 1. The standard InChI is InChI=1S/C14H21N3O2S2/c1-9-15-16-12(20-9)7-17-11-6-10-4-5-14(11,13(10,2)3)8-21(17,18)19/h10-11H,4-8H2,1-3H3/t10-,11+,14+/m1/s1. The fraction of sp³-hybridized carbons (Fsp3) is 0.857. The summed E-state index contributed by atoms with van der Waals surface area (Å²) in [6.07, 6.45) is 3.26. The molecule has 1 saturated heterocycles. The molecule has 4 rings (SSSR count). The van der Waals surface area contributed by atoms with Gasteiger partial charge in [-0.3, -0.25) is 0 Å². The summed E-state index contributed by atoms with van der Waals surface area (Å²) in [7, 11) is -3.18. The van der Waals surface area contributed by atoms with Crippen LogP contribution in [0.25, 0.3) is 0 Å². The zero-order chi connectivity index (χ0) is 15.0. The average molecular weight is 327 g/mol. The third-order valence-electron chi connectivity index (χ3n) is 6.39. The van der Waals surface area contributed by atoms with Crippen LogP contribution < -0.4 is 0 Å². The van der Waals surface area contributed by atoms with E-state index in [0.29, 0.717) is 18.2 Å². The Balaban J connectivity index is 1.72. The molecule has 2 heterocycles. The first kappa shape index (κ1) is 14.1. The van der Waals surface area contributed by atoms with Crippen LogP contribution in [-0.4, -0.2) is 34.7 Å². The van der Waals surface area contributed by atoms with Gasteiger partial charge in [0.2, 0.25) is 10.0 Å². The lowest BCUT2D eigenvalue weighted by molar-refractivity contribution is 0.112. The molecule has 0 unspecified atom stereocenters. The largest absolute Gasteiger partial charge is 0.215 e. The average Bonchev–Trinajstić information content (AvgIpc) is 3.01. The Bertz CT molecular complexity index is 697. The Kier molecular flexibility index (Phi) is 2.72. The van der Waals surface area contributed by atoms with Crippen molar-refractivity contribution in [2.75, 3.05) is 5.75 Å². The number of rotatable bonds is 2. The number of nitrogens with zero attached hydrogens (tertiary/aromatic N) is 3. The van der Waals surface area contributed by atoms with Crippen LogP contribution in [0.4, 0.5) is 0 Å². The third kappa shape index (κ3) is 1.68. The molecule has 7 heteroatoms. The Labute approximate surface area is 129 Å². The lowest BCUT2D eigenvalue weighted by Gasteiger charge is -2.37. The fourth-order valence-corrected chi connectivity index (χ4v) is 8.43. The van der Waals surface area contributed by atoms with Crippen LogP contribution >= 0.6 is 11.3 Å². The Hall–Kier alpha value is -0.530. The minimum Gasteiger partial charge on any atom is -0.212 e. The van der Waals surface area contributed by atoms with Gasteiger partial charge < -0.3 is 0 Å². The van der Waals surface area contributed by atoms with Crippen LogP contribution in [0.15, 0.2) is 0 Å². The van der Waals surface area contributed by atoms with Crippen LogP contribution in [0.1, 0.15) is 43.1 Å². The van der Waals surface area contributed by atoms with Crippen molar-refractivity contribution in [1.82, 2.24) is 14.5 Å². The minimum atomic E-state index is -3.18. The molecule has 1 aromatic rings. The number of aromatic nitrogens is 2. The van der Waals surface area contributed by atoms with E-state index in [1.165, 1.54) is 17.8 Å². The van der Waals surface area contributed by atoms with Gasteiger partial charge >= 0.3 is 0 Å². The van der Waals surface area contributed by atoms with Crippen molar-refractivity contribution in [2.45, 2.75) is 52.6 Å². The molecular formula is C14H21N3O2S2. The number of hydrogen-bond donors (Lipinski definition) is 0. The molecule has 1 aliphatic heterocycles. The molecular weight excluding hydrogens is 306 g/mol. The molecule has 2 saturated carbocycles. The van der Waals surface area contributed by atoms with Gasteiger partial charge in [0.1, 0.15) is 10.0 Å². The number of hydrogen-bond acceptors (Lipinski definition) is 5. The van der Waals surface area contributed by atoms with E-state index in [9.17, 15) is 8.42 Å². The van der Waals surface area contributed by atoms with Gasteiger partial charge in [-0.25, -0.2) is 8.42 Å². The summed E-state index contributed by atoms with van der Waals surface area (Å²) in [5, 5.41) is 9.84. The zero-order valence-electron chi connectivity index (χ0n) is 12.7. The summed E-state index contributed by atoms with van der Waals surface area (Å²) in [5.41, 5.74) is 0.0900. The van der Waals surface area contributed by atoms with E-state index in [0.717, 1.165) is 22.9 Å². The molecule has 0 N–H and O–H groups in total. The predicted octanol–water partition coefficient (Wildman–Crippen LogP) is 2.19. The summed E-state index contributed by atoms with van der Waals surface area (Å²) in [5.74, 6) is 0.989. The molecule has 1 spiro atoms. The van der Waals surface area contributed by atoms with E-state index >= 15 is 0 Å². The smallest absolute Gasteiger partial charge is 0.212 e. The highest BCUT2D eigenvalue weighted by molar-refractivity contribution is 7.89. The molecule has 5 nitrogen and oxygen atoms in total. The first-order valence-corrected chi connectivity index (χ1v) is 9.97. The van der Waals surface area contributed by atoms with Crippen LogP contribution in [0.2, 0.25) is 0 Å². The molecule has 0 aromatic carbocycles. The van der Waals surface area contributed by atoms with Crippen molar-refractivity contribution in [1.29, 1.82) is 0 Å². The molecule has 3 atom stereocenters. The molecule has 2 bridgehead atoms. The van der Waals surface area contributed by atoms with E-state index in [1.807, 2.05) is 6.92 Å². The summed E-state index contributed by atoms with van der Waals surface area (Å²) >= 11 is 1.50. The van der Waals surface area contributed by atoms with E-state index in [-0.39, 0.29) is 16.9 Å². The van der Waals surface area contributed by atoms with E-state index < -0.39 is 10.0 Å². The fourth-order valence-electron chi connectivity index (χ4n) is 5.12. The van der Waals surface area contributed by atoms with Crippen molar-refractivity contribution in [3.63, 3.8) is 0 Å². The molecule has 0 amide bonds. The summed E-state index contributed by atoms with van der Waals surface area (Å²) in [6, 6.07) is 0.167. The predicted molar refractivity (Wildman–Crippen MR) is 81.3 cm³/mol. The van der Waals surface area contributed by atoms with Gasteiger partial charge in [0.05, 0.1) is 12.3 Å². The van der Waals surface area contributed by atoms with Gasteiger partial charge in [-0.15, -0.1) is 21.5 Å². The summed E-state index contributed by atoms with van der Waals surface area (Å²) in [6.45, 7) is 6.86. The molecule has 3 aliphatic rings. The van der Waals surface area contributed by atoms with Gasteiger partial charge in [-0.1, -0.05) is 13.8 Å². The number of aryl methyl sites for hydroxylation is 1. The van der Waals surface area contributed by atoms with Crippen molar-refractivity contribution in [3.05, 3.63) is 10.0 Å². The second-order valence-corrected chi connectivity index (χ2v) is 10.6. The quantitative estimate of drug-likeness (QED) is 0.835. The normalized spacial score (nSPS) is 39.8. The maximum atomic E-state index is 12.7. The van der Waals surface area contributed by atoms with E-state index in [1.54, 1.807) is 4.31 Å². The van der Waals surface area contributed by atoms with Crippen LogP contribution in [0.3, 0.4) is 0 Å². The first-order valence-electron chi connectivity index (χ1n) is 7.55. The van der Waals surface area contributed by atoms with Gasteiger partial charge in [-0.05, 0) is 37.5 Å². The second kappa shape index (κ2) is 4.06. The molecule has 2 aliphatic carbocycles. The van der Waals surface area contributed by atoms with Gasteiger partial charge in [0, 0.05) is 11.5 Å². The lowest BCUT2D eigenvalue weighted by atomic mass is 9.69. The zero-order valence-corrected chi connectivity index (χ0v) is 14.3. The molecule has 21 heavy (non-hydrogen) atoms. The van der Waals surface area contributed by atoms with Gasteiger partial charge in [-0.2, -0.15) is 4.31 Å². The molecule has 0 radical (unpaired) electrons. The lowest BCUT2D eigenvalue weighted by Crippen LogP contribution is -2.41. The second-order valence-electron chi connectivity index (χ2n) is 7.38. The molecule has 1 aromatic heterocycles. The van der Waals surface area contributed by atoms with E-state index in [4.69, 9.17) is 0 Å². The summed E-state index contributed by atoms with van der Waals surface area (Å²) < 4.78 is 27.2. The minimum absolute atomic E-state index is 0.0454. The SMILES string of the molecule is Cc1nnc(CN2[C@H]3C[C@H]4CC[C@@]3(CS2(=O)=O)C4(C)C)s1. The van der Waals surface area contributed by atoms with Gasteiger partial charge in [0.25, 0.3) is 0 Å². The number of sulfonamides is 1. The van der Waals surface area contributed by atoms with Crippen molar-refractivity contribution in [2.24, 2.45) is 16.7 Å². The highest BCUT2D eigenvalue weighted by Gasteiger charge is 2.71. The van der Waals surface area contributed by atoms with Crippen LogP contribution in [-0.2, 0) is 16.6 Å². The van der Waals surface area contributed by atoms with Crippen molar-refractivity contribution < 1.29 is 8.42 Å². The molecule has 3 fully saturated rings. The van der Waals surface area contributed by atoms with Gasteiger partial charge in [0.15, 0.2) is 0 Å². The van der Waals surface area contributed by atoms with Crippen LogP contribution in [0.5, 0.6) is 0 Å². The van der Waals surface area contributed by atoms with E-state index in [2.05, 4.69) is 24.0 Å². The molecule has 116 valence electrons.